The normalized spacial score (nSPS) is 11.2. The topological polar surface area (TPSA) is 57.0 Å². The number of carbonyl (C=O) groups excluding carboxylic acids is 1. The molecule has 0 unspecified atom stereocenters. The molecule has 0 aliphatic rings. The summed E-state index contributed by atoms with van der Waals surface area (Å²) in [5.41, 5.74) is 4.24. The van der Waals surface area contributed by atoms with Crippen molar-refractivity contribution in [3.8, 4) is 10.6 Å². The lowest BCUT2D eigenvalue weighted by Gasteiger charge is -1.99. The molecule has 0 aliphatic carbocycles. The number of halogens is 1. The van der Waals surface area contributed by atoms with Gasteiger partial charge in [0.15, 0.2) is 0 Å². The lowest BCUT2D eigenvalue weighted by Crippen LogP contribution is -2.01. The van der Waals surface area contributed by atoms with E-state index in [9.17, 15) is 9.18 Å². The number of nitrogens with zero attached hydrogens (tertiary/aromatic N) is 3. The molecule has 0 N–H and O–H groups in total. The summed E-state index contributed by atoms with van der Waals surface area (Å²) in [5.74, 6) is -0.727. The Kier molecular flexibility index (Phi) is 5.27. The molecule has 0 radical (unpaired) electrons. The van der Waals surface area contributed by atoms with E-state index in [0.29, 0.717) is 5.69 Å². The standard InChI is InChI=1S/C19H18FN3O2S/c1-12-17(13(2)23(3)22-12)8-9-18(24)25-10-16-11-26-19(21-16)14-4-6-15(20)7-5-14/h4-9,11H,10H2,1-3H3/b9-8+. The van der Waals surface area contributed by atoms with Gasteiger partial charge >= 0.3 is 5.97 Å². The number of ether oxygens (including phenoxy) is 1. The van der Waals surface area contributed by atoms with Crippen molar-refractivity contribution >= 4 is 23.4 Å². The molecule has 2 aromatic heterocycles. The molecule has 3 aromatic rings. The molecule has 2 heterocycles. The number of aromatic nitrogens is 3. The van der Waals surface area contributed by atoms with Gasteiger partial charge in [0.1, 0.15) is 17.4 Å². The van der Waals surface area contributed by atoms with Crippen molar-refractivity contribution in [2.24, 2.45) is 7.05 Å². The van der Waals surface area contributed by atoms with Gasteiger partial charge in [-0.05, 0) is 44.2 Å². The molecule has 7 heteroatoms. The van der Waals surface area contributed by atoms with E-state index in [1.807, 2.05) is 26.3 Å². The van der Waals surface area contributed by atoms with Crippen LogP contribution < -0.4 is 0 Å². The van der Waals surface area contributed by atoms with Gasteiger partial charge < -0.3 is 4.74 Å². The van der Waals surface area contributed by atoms with E-state index in [2.05, 4.69) is 10.1 Å². The molecule has 0 bridgehead atoms. The SMILES string of the molecule is Cc1nn(C)c(C)c1/C=C/C(=O)OCc1csc(-c2ccc(F)cc2)n1. The van der Waals surface area contributed by atoms with Crippen LogP contribution >= 0.6 is 11.3 Å². The van der Waals surface area contributed by atoms with Crippen LogP contribution in [0.25, 0.3) is 16.6 Å². The average Bonchev–Trinajstić information content (AvgIpc) is 3.18. The molecular weight excluding hydrogens is 353 g/mol. The minimum Gasteiger partial charge on any atom is -0.456 e. The summed E-state index contributed by atoms with van der Waals surface area (Å²) in [4.78, 5) is 16.3. The number of rotatable bonds is 5. The Morgan fingerprint density at radius 2 is 2.04 bits per heavy atom. The van der Waals surface area contributed by atoms with Crippen molar-refractivity contribution in [2.45, 2.75) is 20.5 Å². The quantitative estimate of drug-likeness (QED) is 0.501. The number of esters is 1. The highest BCUT2D eigenvalue weighted by atomic mass is 32.1. The van der Waals surface area contributed by atoms with Crippen LogP contribution in [0.3, 0.4) is 0 Å². The van der Waals surface area contributed by atoms with Gasteiger partial charge in [-0.3, -0.25) is 4.68 Å². The van der Waals surface area contributed by atoms with E-state index in [1.165, 1.54) is 29.5 Å². The van der Waals surface area contributed by atoms with E-state index in [4.69, 9.17) is 4.74 Å². The van der Waals surface area contributed by atoms with Crippen molar-refractivity contribution < 1.29 is 13.9 Å². The lowest BCUT2D eigenvalue weighted by molar-refractivity contribution is -0.139. The van der Waals surface area contributed by atoms with E-state index in [1.54, 1.807) is 22.9 Å². The Morgan fingerprint density at radius 3 is 2.69 bits per heavy atom. The molecule has 0 atom stereocenters. The molecule has 134 valence electrons. The van der Waals surface area contributed by atoms with Crippen molar-refractivity contribution in [2.75, 3.05) is 0 Å². The van der Waals surface area contributed by atoms with Gasteiger partial charge in [0.05, 0.1) is 11.4 Å². The van der Waals surface area contributed by atoms with Crippen LogP contribution in [0.4, 0.5) is 4.39 Å². The fourth-order valence-corrected chi connectivity index (χ4v) is 3.28. The third-order valence-electron chi connectivity index (χ3n) is 3.96. The molecule has 3 rings (SSSR count). The summed E-state index contributed by atoms with van der Waals surface area (Å²) in [6.45, 7) is 3.92. The van der Waals surface area contributed by atoms with Gasteiger partial charge in [-0.15, -0.1) is 11.3 Å². The van der Waals surface area contributed by atoms with Crippen molar-refractivity contribution in [1.29, 1.82) is 0 Å². The second-order valence-corrected chi connectivity index (χ2v) is 6.66. The van der Waals surface area contributed by atoms with Crippen LogP contribution in [-0.2, 0) is 23.2 Å². The molecule has 0 saturated heterocycles. The number of benzene rings is 1. The van der Waals surface area contributed by atoms with Crippen LogP contribution in [0.15, 0.2) is 35.7 Å². The van der Waals surface area contributed by atoms with Crippen molar-refractivity contribution in [1.82, 2.24) is 14.8 Å². The molecule has 0 saturated carbocycles. The second kappa shape index (κ2) is 7.61. The predicted molar refractivity (Wildman–Crippen MR) is 99.0 cm³/mol. The maximum Gasteiger partial charge on any atom is 0.331 e. The molecule has 1 aromatic carbocycles. The Bertz CT molecular complexity index is 958. The number of aryl methyl sites for hydroxylation is 2. The fraction of sp³-hybridized carbons (Fsp3) is 0.211. The van der Waals surface area contributed by atoms with Gasteiger partial charge in [0, 0.05) is 35.3 Å². The number of hydrogen-bond acceptors (Lipinski definition) is 5. The number of thiazole rings is 1. The predicted octanol–water partition coefficient (Wildman–Crippen LogP) is 4.06. The van der Waals surface area contributed by atoms with E-state index < -0.39 is 5.97 Å². The molecular formula is C19H18FN3O2S. The number of hydrogen-bond donors (Lipinski definition) is 0. The zero-order valence-corrected chi connectivity index (χ0v) is 15.5. The summed E-state index contributed by atoms with van der Waals surface area (Å²) in [7, 11) is 1.86. The molecule has 0 amide bonds. The van der Waals surface area contributed by atoms with Gasteiger partial charge in [0.25, 0.3) is 0 Å². The minimum atomic E-state index is -0.441. The first-order valence-corrected chi connectivity index (χ1v) is 8.87. The zero-order chi connectivity index (χ0) is 18.7. The van der Waals surface area contributed by atoms with Crippen LogP contribution in [0.5, 0.6) is 0 Å². The highest BCUT2D eigenvalue weighted by Crippen LogP contribution is 2.24. The third kappa shape index (κ3) is 4.05. The van der Waals surface area contributed by atoms with Gasteiger partial charge in [0.2, 0.25) is 0 Å². The summed E-state index contributed by atoms with van der Waals surface area (Å²) in [6, 6.07) is 6.13. The maximum atomic E-state index is 13.0. The Hall–Kier alpha value is -2.80. The molecule has 5 nitrogen and oxygen atoms in total. The summed E-state index contributed by atoms with van der Waals surface area (Å²) in [5, 5.41) is 6.88. The first-order valence-electron chi connectivity index (χ1n) is 7.99. The second-order valence-electron chi connectivity index (χ2n) is 5.80. The summed E-state index contributed by atoms with van der Waals surface area (Å²) < 4.78 is 20.0. The van der Waals surface area contributed by atoms with Gasteiger partial charge in [-0.25, -0.2) is 14.2 Å². The maximum absolute atomic E-state index is 13.0. The first-order chi connectivity index (χ1) is 12.4. The summed E-state index contributed by atoms with van der Waals surface area (Å²) >= 11 is 1.42. The van der Waals surface area contributed by atoms with E-state index >= 15 is 0 Å². The van der Waals surface area contributed by atoms with Crippen LogP contribution in [0.1, 0.15) is 22.6 Å². The molecule has 0 spiro atoms. The van der Waals surface area contributed by atoms with Crippen LogP contribution in [-0.4, -0.2) is 20.7 Å². The van der Waals surface area contributed by atoms with E-state index in [0.717, 1.165) is 27.5 Å². The van der Waals surface area contributed by atoms with Gasteiger partial charge in [-0.2, -0.15) is 5.10 Å². The largest absolute Gasteiger partial charge is 0.456 e. The van der Waals surface area contributed by atoms with E-state index in [-0.39, 0.29) is 12.4 Å². The van der Waals surface area contributed by atoms with Gasteiger partial charge in [-0.1, -0.05) is 0 Å². The molecule has 0 aliphatic heterocycles. The Labute approximate surface area is 154 Å². The van der Waals surface area contributed by atoms with Crippen LogP contribution in [0, 0.1) is 19.7 Å². The smallest absolute Gasteiger partial charge is 0.331 e. The Balaban J connectivity index is 1.60. The minimum absolute atomic E-state index is 0.0892. The highest BCUT2D eigenvalue weighted by Gasteiger charge is 2.09. The zero-order valence-electron chi connectivity index (χ0n) is 14.7. The van der Waals surface area contributed by atoms with Crippen LogP contribution in [0.2, 0.25) is 0 Å². The third-order valence-corrected chi connectivity index (χ3v) is 4.90. The number of carbonyl (C=O) groups is 1. The molecule has 26 heavy (non-hydrogen) atoms. The lowest BCUT2D eigenvalue weighted by atomic mass is 10.2. The Morgan fingerprint density at radius 1 is 1.31 bits per heavy atom. The average molecular weight is 371 g/mol. The fourth-order valence-electron chi connectivity index (χ4n) is 2.47. The first kappa shape index (κ1) is 18.0. The van der Waals surface area contributed by atoms with Crippen molar-refractivity contribution in [3.05, 3.63) is 64.2 Å². The van der Waals surface area contributed by atoms with Crippen molar-refractivity contribution in [3.63, 3.8) is 0 Å². The molecule has 0 fully saturated rings. The summed E-state index contributed by atoms with van der Waals surface area (Å²) in [6.07, 6.45) is 3.11. The highest BCUT2D eigenvalue weighted by molar-refractivity contribution is 7.13. The monoisotopic (exact) mass is 371 g/mol.